The van der Waals surface area contributed by atoms with Gasteiger partial charge in [-0.25, -0.2) is 0 Å². The maximum absolute atomic E-state index is 9.64. The molecule has 0 spiro atoms. The molecule has 0 bridgehead atoms. The second-order valence-corrected chi connectivity index (χ2v) is 9.81. The van der Waals surface area contributed by atoms with E-state index in [9.17, 15) is 25.5 Å². The van der Waals surface area contributed by atoms with E-state index in [1.54, 1.807) is 36.4 Å². The summed E-state index contributed by atoms with van der Waals surface area (Å²) < 4.78 is 0. The van der Waals surface area contributed by atoms with Crippen LogP contribution in [-0.4, -0.2) is 25.5 Å². The normalized spacial score (nSPS) is 10.1. The van der Waals surface area contributed by atoms with E-state index >= 15 is 0 Å². The minimum atomic E-state index is -0.153. The van der Waals surface area contributed by atoms with Gasteiger partial charge in [-0.1, -0.05) is 60.6 Å². The Balaban J connectivity index is 1.79. The van der Waals surface area contributed by atoms with Crippen LogP contribution < -0.4 is 0 Å². The highest BCUT2D eigenvalue weighted by atomic mass is 16.3. The zero-order valence-electron chi connectivity index (χ0n) is 23.4. The lowest BCUT2D eigenvalue weighted by molar-refractivity contribution is 0.275. The van der Waals surface area contributed by atoms with Crippen molar-refractivity contribution in [1.29, 1.82) is 0 Å². The standard InChI is InChI=1S/C37H32O5/c1-2-26-9-27(14-33(10-26)21-38)3-4-28-11-29(5-7-31-15-34(22-39)19-35(16-31)23-40)13-30(12-28)6-8-32-17-36(24-41)20-37(18-32)25-42/h9-20,38-42H,2,21-25H2,1H3. The lowest BCUT2D eigenvalue weighted by atomic mass is 10.0. The van der Waals surface area contributed by atoms with E-state index in [0.29, 0.717) is 50.1 Å². The molecular formula is C37H32O5. The van der Waals surface area contributed by atoms with Crippen LogP contribution in [0.1, 0.15) is 73.7 Å². The average Bonchev–Trinajstić information content (AvgIpc) is 3.04. The number of aliphatic hydroxyl groups is 5. The summed E-state index contributed by atoms with van der Waals surface area (Å²) in [5, 5.41) is 47.9. The summed E-state index contributed by atoms with van der Waals surface area (Å²) >= 11 is 0. The molecule has 210 valence electrons. The SMILES string of the molecule is CCc1cc(C#Cc2cc(C#Cc3cc(CO)cc(CO)c3)cc(C#Cc3cc(CO)cc(CO)c3)c2)cc(CO)c1. The van der Waals surface area contributed by atoms with Gasteiger partial charge in [0.2, 0.25) is 0 Å². The van der Waals surface area contributed by atoms with Crippen LogP contribution in [0.2, 0.25) is 0 Å². The summed E-state index contributed by atoms with van der Waals surface area (Å²) in [6.07, 6.45) is 0.832. The molecule has 0 aliphatic heterocycles. The molecule has 0 atom stereocenters. The van der Waals surface area contributed by atoms with Crippen molar-refractivity contribution < 1.29 is 25.5 Å². The molecule has 0 fully saturated rings. The second-order valence-electron chi connectivity index (χ2n) is 9.81. The van der Waals surface area contributed by atoms with Crippen molar-refractivity contribution in [2.24, 2.45) is 0 Å². The fourth-order valence-electron chi connectivity index (χ4n) is 4.44. The summed E-state index contributed by atoms with van der Waals surface area (Å²) in [6.45, 7) is 1.39. The van der Waals surface area contributed by atoms with Gasteiger partial charge in [0.15, 0.2) is 0 Å². The van der Waals surface area contributed by atoms with Gasteiger partial charge < -0.3 is 25.5 Å². The van der Waals surface area contributed by atoms with Crippen LogP contribution in [0.15, 0.2) is 72.8 Å². The highest BCUT2D eigenvalue weighted by Crippen LogP contribution is 2.15. The number of aliphatic hydroxyl groups excluding tert-OH is 5. The van der Waals surface area contributed by atoms with Crippen LogP contribution in [0.5, 0.6) is 0 Å². The van der Waals surface area contributed by atoms with Crippen LogP contribution in [-0.2, 0) is 39.5 Å². The summed E-state index contributed by atoms with van der Waals surface area (Å²) in [4.78, 5) is 0. The number of rotatable bonds is 6. The molecule has 4 aromatic carbocycles. The van der Waals surface area contributed by atoms with Crippen molar-refractivity contribution in [3.63, 3.8) is 0 Å². The van der Waals surface area contributed by atoms with Gasteiger partial charge in [-0.3, -0.25) is 0 Å². The maximum atomic E-state index is 9.64. The molecule has 0 saturated carbocycles. The van der Waals surface area contributed by atoms with Gasteiger partial charge in [0.1, 0.15) is 0 Å². The number of hydrogen-bond acceptors (Lipinski definition) is 5. The predicted octanol–water partition coefficient (Wildman–Crippen LogP) is 3.91. The fraction of sp³-hybridized carbons (Fsp3) is 0.189. The first-order chi connectivity index (χ1) is 20.4. The molecule has 0 radical (unpaired) electrons. The third kappa shape index (κ3) is 8.43. The van der Waals surface area contributed by atoms with Crippen molar-refractivity contribution in [3.05, 3.63) is 140 Å². The van der Waals surface area contributed by atoms with E-state index in [1.807, 2.05) is 36.4 Å². The van der Waals surface area contributed by atoms with Gasteiger partial charge >= 0.3 is 0 Å². The molecule has 4 aromatic rings. The molecular weight excluding hydrogens is 524 g/mol. The van der Waals surface area contributed by atoms with Crippen LogP contribution in [0.25, 0.3) is 0 Å². The molecule has 0 aliphatic rings. The Bertz CT molecular complexity index is 1480. The van der Waals surface area contributed by atoms with E-state index < -0.39 is 0 Å². The van der Waals surface area contributed by atoms with Crippen LogP contribution in [0.3, 0.4) is 0 Å². The van der Waals surface area contributed by atoms with E-state index in [-0.39, 0.29) is 33.0 Å². The van der Waals surface area contributed by atoms with Gasteiger partial charge in [-0.15, -0.1) is 0 Å². The first-order valence-corrected chi connectivity index (χ1v) is 13.6. The Kier molecular flexibility index (Phi) is 10.7. The van der Waals surface area contributed by atoms with Crippen molar-refractivity contribution in [2.75, 3.05) is 0 Å². The third-order valence-corrected chi connectivity index (χ3v) is 6.47. The zero-order chi connectivity index (χ0) is 29.9. The van der Waals surface area contributed by atoms with Crippen molar-refractivity contribution in [2.45, 2.75) is 46.4 Å². The number of hydrogen-bond donors (Lipinski definition) is 5. The Labute approximate surface area is 246 Å². The van der Waals surface area contributed by atoms with Crippen molar-refractivity contribution >= 4 is 0 Å². The van der Waals surface area contributed by atoms with Crippen molar-refractivity contribution in [1.82, 2.24) is 0 Å². The number of aryl methyl sites for hydroxylation is 1. The van der Waals surface area contributed by atoms with Crippen molar-refractivity contribution in [3.8, 4) is 35.5 Å². The highest BCUT2D eigenvalue weighted by Gasteiger charge is 2.02. The molecule has 0 unspecified atom stereocenters. The third-order valence-electron chi connectivity index (χ3n) is 6.47. The highest BCUT2D eigenvalue weighted by molar-refractivity contribution is 5.56. The van der Waals surface area contributed by atoms with Crippen LogP contribution >= 0.6 is 0 Å². The molecule has 0 amide bonds. The van der Waals surface area contributed by atoms with E-state index in [2.05, 4.69) is 42.4 Å². The minimum absolute atomic E-state index is 0.0573. The lowest BCUT2D eigenvalue weighted by Gasteiger charge is -2.03. The minimum Gasteiger partial charge on any atom is -0.392 e. The molecule has 0 aliphatic carbocycles. The zero-order valence-corrected chi connectivity index (χ0v) is 23.4. The van der Waals surface area contributed by atoms with E-state index in [1.165, 1.54) is 0 Å². The molecule has 42 heavy (non-hydrogen) atoms. The molecule has 5 nitrogen and oxygen atoms in total. The van der Waals surface area contributed by atoms with Crippen LogP contribution in [0, 0.1) is 35.5 Å². The second kappa shape index (κ2) is 14.8. The Hall–Kier alpha value is -4.64. The van der Waals surface area contributed by atoms with Crippen LogP contribution in [0.4, 0.5) is 0 Å². The smallest absolute Gasteiger partial charge is 0.0682 e. The first-order valence-electron chi connectivity index (χ1n) is 13.6. The molecule has 0 saturated heterocycles. The largest absolute Gasteiger partial charge is 0.392 e. The average molecular weight is 557 g/mol. The lowest BCUT2D eigenvalue weighted by Crippen LogP contribution is -1.92. The topological polar surface area (TPSA) is 101 Å². The first kappa shape index (κ1) is 30.3. The summed E-state index contributed by atoms with van der Waals surface area (Å²) in [6, 6.07) is 22.1. The Morgan fingerprint density at radius 3 is 0.786 bits per heavy atom. The van der Waals surface area contributed by atoms with Gasteiger partial charge in [0.05, 0.1) is 33.0 Å². The van der Waals surface area contributed by atoms with Gasteiger partial charge in [-0.05, 0) is 94.4 Å². The number of benzene rings is 4. The summed E-state index contributed by atoms with van der Waals surface area (Å²) in [5.74, 6) is 19.0. The van der Waals surface area contributed by atoms with Gasteiger partial charge in [0.25, 0.3) is 0 Å². The van der Waals surface area contributed by atoms with Gasteiger partial charge in [0, 0.05) is 33.4 Å². The molecule has 0 heterocycles. The monoisotopic (exact) mass is 556 g/mol. The fourth-order valence-corrected chi connectivity index (χ4v) is 4.44. The molecule has 5 heteroatoms. The Morgan fingerprint density at radius 2 is 0.548 bits per heavy atom. The molecule has 4 rings (SSSR count). The van der Waals surface area contributed by atoms with E-state index in [0.717, 1.165) is 23.1 Å². The Morgan fingerprint density at radius 1 is 0.333 bits per heavy atom. The summed E-state index contributed by atoms with van der Waals surface area (Å²) in [5.41, 5.74) is 8.79. The van der Waals surface area contributed by atoms with Gasteiger partial charge in [-0.2, -0.15) is 0 Å². The molecule has 0 aromatic heterocycles. The quantitative estimate of drug-likeness (QED) is 0.232. The summed E-state index contributed by atoms with van der Waals surface area (Å²) in [7, 11) is 0. The maximum Gasteiger partial charge on any atom is 0.0682 e. The van der Waals surface area contributed by atoms with E-state index in [4.69, 9.17) is 0 Å². The molecule has 5 N–H and O–H groups in total. The predicted molar refractivity (Wildman–Crippen MR) is 163 cm³/mol.